The summed E-state index contributed by atoms with van der Waals surface area (Å²) in [6, 6.07) is 3.10. The minimum absolute atomic E-state index is 0.272. The predicted octanol–water partition coefficient (Wildman–Crippen LogP) is 2.00. The maximum atomic E-state index is 9.44. The minimum Gasteiger partial charge on any atom is -0.381 e. The van der Waals surface area contributed by atoms with Crippen molar-refractivity contribution >= 4 is 0 Å². The molecule has 106 valence electrons. The number of nitrogens with one attached hydrogen (secondary N) is 1. The van der Waals surface area contributed by atoms with Crippen LogP contribution in [0.5, 0.6) is 0 Å². The van der Waals surface area contributed by atoms with Gasteiger partial charge >= 0.3 is 0 Å². The summed E-state index contributed by atoms with van der Waals surface area (Å²) in [5.41, 5.74) is -0.304. The van der Waals surface area contributed by atoms with Crippen LogP contribution in [0.4, 0.5) is 0 Å². The van der Waals surface area contributed by atoms with E-state index in [0.717, 1.165) is 51.9 Å². The molecule has 0 amide bonds. The second kappa shape index (κ2) is 5.78. The van der Waals surface area contributed by atoms with Crippen molar-refractivity contribution in [3.05, 3.63) is 0 Å². The summed E-state index contributed by atoms with van der Waals surface area (Å²) in [5.74, 6) is 0.655. The third-order valence-electron chi connectivity index (χ3n) is 4.65. The molecular weight excluding hydrogens is 240 g/mol. The van der Waals surface area contributed by atoms with Gasteiger partial charge in [-0.3, -0.25) is 5.32 Å². The Hall–Kier alpha value is -0.630. The van der Waals surface area contributed by atoms with E-state index in [4.69, 9.17) is 9.47 Å². The Morgan fingerprint density at radius 2 is 2.00 bits per heavy atom. The zero-order valence-corrected chi connectivity index (χ0v) is 11.6. The lowest BCUT2D eigenvalue weighted by molar-refractivity contribution is -0.00980. The van der Waals surface area contributed by atoms with Gasteiger partial charge in [0.2, 0.25) is 0 Å². The summed E-state index contributed by atoms with van der Waals surface area (Å²) in [6.07, 6.45) is 7.81. The van der Waals surface area contributed by atoms with Crippen LogP contribution in [0.15, 0.2) is 0 Å². The van der Waals surface area contributed by atoms with E-state index in [9.17, 15) is 5.26 Å². The Labute approximate surface area is 115 Å². The highest BCUT2D eigenvalue weighted by molar-refractivity contribution is 5.14. The Bertz CT molecular complexity index is 345. The van der Waals surface area contributed by atoms with Gasteiger partial charge in [-0.15, -0.1) is 0 Å². The number of hydrogen-bond acceptors (Lipinski definition) is 4. The lowest BCUT2D eigenvalue weighted by atomic mass is 9.99. The van der Waals surface area contributed by atoms with E-state index in [1.54, 1.807) is 0 Å². The van der Waals surface area contributed by atoms with Gasteiger partial charge < -0.3 is 9.47 Å². The molecule has 0 spiro atoms. The molecule has 0 bridgehead atoms. The fourth-order valence-corrected chi connectivity index (χ4v) is 3.21. The Kier molecular flexibility index (Phi) is 4.07. The Balaban J connectivity index is 1.44. The molecule has 4 nitrogen and oxygen atoms in total. The smallest absolute Gasteiger partial charge is 0.109 e. The van der Waals surface area contributed by atoms with Crippen molar-refractivity contribution in [3.63, 3.8) is 0 Å². The second-order valence-electron chi connectivity index (χ2n) is 6.37. The third-order valence-corrected chi connectivity index (χ3v) is 4.65. The number of nitriles is 1. The zero-order chi connectivity index (χ0) is 13.1. The molecule has 1 aliphatic heterocycles. The van der Waals surface area contributed by atoms with Crippen LogP contribution in [-0.2, 0) is 9.47 Å². The summed E-state index contributed by atoms with van der Waals surface area (Å²) in [4.78, 5) is 0. The van der Waals surface area contributed by atoms with Crippen LogP contribution >= 0.6 is 0 Å². The van der Waals surface area contributed by atoms with Gasteiger partial charge in [-0.05, 0) is 44.4 Å². The molecule has 2 aliphatic carbocycles. The molecule has 2 atom stereocenters. The average molecular weight is 264 g/mol. The third kappa shape index (κ3) is 3.47. The van der Waals surface area contributed by atoms with Crippen LogP contribution in [0.25, 0.3) is 0 Å². The maximum Gasteiger partial charge on any atom is 0.109 e. The SMILES string of the molecule is N#CC1(NC2CC2)CCC(OCC2CCOCC2)C1. The first kappa shape index (κ1) is 13.4. The Morgan fingerprint density at radius 3 is 2.68 bits per heavy atom. The molecule has 19 heavy (non-hydrogen) atoms. The lowest BCUT2D eigenvalue weighted by Crippen LogP contribution is -2.43. The normalized spacial score (nSPS) is 36.3. The van der Waals surface area contributed by atoms with Crippen LogP contribution in [-0.4, -0.2) is 37.5 Å². The van der Waals surface area contributed by atoms with Crippen LogP contribution < -0.4 is 5.32 Å². The van der Waals surface area contributed by atoms with Crippen molar-refractivity contribution in [2.45, 2.75) is 62.6 Å². The van der Waals surface area contributed by atoms with Crippen molar-refractivity contribution in [3.8, 4) is 6.07 Å². The number of nitrogens with zero attached hydrogens (tertiary/aromatic N) is 1. The molecule has 1 N–H and O–H groups in total. The van der Waals surface area contributed by atoms with E-state index in [0.29, 0.717) is 12.0 Å². The average Bonchev–Trinajstić information content (AvgIpc) is 3.17. The van der Waals surface area contributed by atoms with Gasteiger partial charge in [-0.25, -0.2) is 0 Å². The monoisotopic (exact) mass is 264 g/mol. The van der Waals surface area contributed by atoms with E-state index in [1.165, 1.54) is 12.8 Å². The van der Waals surface area contributed by atoms with Gasteiger partial charge in [-0.1, -0.05) is 0 Å². The van der Waals surface area contributed by atoms with Gasteiger partial charge in [0.15, 0.2) is 0 Å². The van der Waals surface area contributed by atoms with Crippen LogP contribution in [0, 0.1) is 17.2 Å². The van der Waals surface area contributed by atoms with Crippen molar-refractivity contribution in [1.82, 2.24) is 5.32 Å². The standard InChI is InChI=1S/C15H24N2O2/c16-11-15(17-13-1-2-13)6-3-14(9-15)19-10-12-4-7-18-8-5-12/h12-14,17H,1-10H2. The fraction of sp³-hybridized carbons (Fsp3) is 0.933. The maximum absolute atomic E-state index is 9.44. The van der Waals surface area contributed by atoms with Gasteiger partial charge in [0, 0.05) is 32.3 Å². The summed E-state index contributed by atoms with van der Waals surface area (Å²) in [5, 5.41) is 13.0. The number of hydrogen-bond donors (Lipinski definition) is 1. The quantitative estimate of drug-likeness (QED) is 0.825. The van der Waals surface area contributed by atoms with E-state index in [2.05, 4.69) is 11.4 Å². The van der Waals surface area contributed by atoms with Crippen LogP contribution in [0.2, 0.25) is 0 Å². The van der Waals surface area contributed by atoms with E-state index < -0.39 is 0 Å². The molecule has 0 aromatic carbocycles. The minimum atomic E-state index is -0.304. The van der Waals surface area contributed by atoms with Crippen LogP contribution in [0.3, 0.4) is 0 Å². The Morgan fingerprint density at radius 1 is 1.21 bits per heavy atom. The van der Waals surface area contributed by atoms with E-state index in [-0.39, 0.29) is 11.6 Å². The largest absolute Gasteiger partial charge is 0.381 e. The highest BCUT2D eigenvalue weighted by Gasteiger charge is 2.43. The molecule has 3 aliphatic rings. The molecule has 0 aromatic heterocycles. The van der Waals surface area contributed by atoms with Gasteiger partial charge in [-0.2, -0.15) is 5.26 Å². The molecule has 2 saturated carbocycles. The van der Waals surface area contributed by atoms with Crippen LogP contribution in [0.1, 0.15) is 44.9 Å². The molecular formula is C15H24N2O2. The molecule has 3 rings (SSSR count). The number of ether oxygens (including phenoxy) is 2. The van der Waals surface area contributed by atoms with E-state index in [1.807, 2.05) is 0 Å². The van der Waals surface area contributed by atoms with E-state index >= 15 is 0 Å². The zero-order valence-electron chi connectivity index (χ0n) is 11.6. The van der Waals surface area contributed by atoms with Crippen molar-refractivity contribution in [1.29, 1.82) is 5.26 Å². The number of rotatable bonds is 5. The van der Waals surface area contributed by atoms with Crippen molar-refractivity contribution in [2.24, 2.45) is 5.92 Å². The second-order valence-corrected chi connectivity index (χ2v) is 6.37. The lowest BCUT2D eigenvalue weighted by Gasteiger charge is -2.25. The first-order valence-electron chi connectivity index (χ1n) is 7.68. The molecule has 1 heterocycles. The highest BCUT2D eigenvalue weighted by Crippen LogP contribution is 2.35. The predicted molar refractivity (Wildman–Crippen MR) is 71.6 cm³/mol. The summed E-state index contributed by atoms with van der Waals surface area (Å²) in [7, 11) is 0. The summed E-state index contributed by atoms with van der Waals surface area (Å²) < 4.78 is 11.4. The van der Waals surface area contributed by atoms with Gasteiger partial charge in [0.1, 0.15) is 5.54 Å². The molecule has 1 saturated heterocycles. The molecule has 0 aromatic rings. The summed E-state index contributed by atoms with van der Waals surface area (Å²) in [6.45, 7) is 2.60. The highest BCUT2D eigenvalue weighted by atomic mass is 16.5. The summed E-state index contributed by atoms with van der Waals surface area (Å²) >= 11 is 0. The van der Waals surface area contributed by atoms with Gasteiger partial charge in [0.05, 0.1) is 12.2 Å². The molecule has 4 heteroatoms. The van der Waals surface area contributed by atoms with Crippen molar-refractivity contribution in [2.75, 3.05) is 19.8 Å². The molecule has 0 radical (unpaired) electrons. The fourth-order valence-electron chi connectivity index (χ4n) is 3.21. The first-order valence-corrected chi connectivity index (χ1v) is 7.68. The molecule has 2 unspecified atom stereocenters. The van der Waals surface area contributed by atoms with Crippen molar-refractivity contribution < 1.29 is 9.47 Å². The topological polar surface area (TPSA) is 54.3 Å². The first-order chi connectivity index (χ1) is 9.30. The van der Waals surface area contributed by atoms with Gasteiger partial charge in [0.25, 0.3) is 0 Å². The molecule has 3 fully saturated rings.